The third kappa shape index (κ3) is 1.95. The van der Waals surface area contributed by atoms with Gasteiger partial charge in [-0.3, -0.25) is 5.32 Å². The lowest BCUT2D eigenvalue weighted by molar-refractivity contribution is -0.147. The number of H-pyrrole nitrogens is 1. The summed E-state index contributed by atoms with van der Waals surface area (Å²) in [6.45, 7) is 6.05. The van der Waals surface area contributed by atoms with Gasteiger partial charge in [-0.15, -0.1) is 0 Å². The van der Waals surface area contributed by atoms with Crippen molar-refractivity contribution in [1.82, 2.24) is 15.3 Å². The van der Waals surface area contributed by atoms with Gasteiger partial charge in [-0.25, -0.2) is 9.78 Å². The average Bonchev–Trinajstić information content (AvgIpc) is 2.64. The van der Waals surface area contributed by atoms with Gasteiger partial charge in [0.05, 0.1) is 12.0 Å². The van der Waals surface area contributed by atoms with E-state index in [-0.39, 0.29) is 12.0 Å². The minimum Gasteiger partial charge on any atom is -0.480 e. The summed E-state index contributed by atoms with van der Waals surface area (Å²) in [6.07, 6.45) is 2.93. The van der Waals surface area contributed by atoms with E-state index in [1.807, 2.05) is 20.8 Å². The first kappa shape index (κ1) is 12.1. The molecule has 0 saturated carbocycles. The average molecular weight is 237 g/mol. The van der Waals surface area contributed by atoms with Crippen LogP contribution in [0.5, 0.6) is 0 Å². The summed E-state index contributed by atoms with van der Waals surface area (Å²) in [6, 6.07) is 0.137. The highest BCUT2D eigenvalue weighted by molar-refractivity contribution is 5.81. The summed E-state index contributed by atoms with van der Waals surface area (Å²) in [7, 11) is 0. The van der Waals surface area contributed by atoms with Crippen molar-refractivity contribution in [1.29, 1.82) is 0 Å². The van der Waals surface area contributed by atoms with Gasteiger partial charge in [0.2, 0.25) is 0 Å². The van der Waals surface area contributed by atoms with E-state index < -0.39 is 11.5 Å². The summed E-state index contributed by atoms with van der Waals surface area (Å²) in [5.41, 5.74) is 0.553. The number of imidazole rings is 1. The number of hydrogen-bond donors (Lipinski definition) is 3. The molecular weight excluding hydrogens is 218 g/mol. The molecule has 5 nitrogen and oxygen atoms in total. The zero-order valence-corrected chi connectivity index (χ0v) is 10.4. The van der Waals surface area contributed by atoms with Crippen LogP contribution >= 0.6 is 0 Å². The quantitative estimate of drug-likeness (QED) is 0.739. The van der Waals surface area contributed by atoms with Crippen LogP contribution in [0, 0.1) is 5.92 Å². The molecule has 2 atom stereocenters. The summed E-state index contributed by atoms with van der Waals surface area (Å²) in [5.74, 6) is -0.556. The molecule has 0 fully saturated rings. The molecule has 1 aromatic rings. The van der Waals surface area contributed by atoms with Gasteiger partial charge in [0.25, 0.3) is 0 Å². The maximum absolute atomic E-state index is 11.7. The molecule has 0 saturated heterocycles. The van der Waals surface area contributed by atoms with Gasteiger partial charge in [0, 0.05) is 18.2 Å². The van der Waals surface area contributed by atoms with Crippen molar-refractivity contribution in [2.45, 2.75) is 45.2 Å². The second-order valence-electron chi connectivity index (χ2n) is 5.29. The van der Waals surface area contributed by atoms with Crippen LogP contribution in [-0.4, -0.2) is 27.1 Å². The highest BCUT2D eigenvalue weighted by atomic mass is 16.4. The third-order valence-electron chi connectivity index (χ3n) is 3.21. The zero-order chi connectivity index (χ0) is 12.6. The lowest BCUT2D eigenvalue weighted by Crippen LogP contribution is -2.57. The van der Waals surface area contributed by atoms with Crippen molar-refractivity contribution >= 4 is 5.97 Å². The van der Waals surface area contributed by atoms with Crippen LogP contribution in [0.15, 0.2) is 6.33 Å². The third-order valence-corrected chi connectivity index (χ3v) is 3.21. The van der Waals surface area contributed by atoms with Gasteiger partial charge in [-0.05, 0) is 19.3 Å². The number of aromatic nitrogens is 2. The Labute approximate surface area is 101 Å². The van der Waals surface area contributed by atoms with Crippen LogP contribution in [0.3, 0.4) is 0 Å². The lowest BCUT2D eigenvalue weighted by atomic mass is 9.80. The van der Waals surface area contributed by atoms with E-state index in [1.165, 1.54) is 0 Å². The molecule has 1 aliphatic heterocycles. The second-order valence-corrected chi connectivity index (χ2v) is 5.29. The monoisotopic (exact) mass is 237 g/mol. The Kier molecular flexibility index (Phi) is 2.95. The van der Waals surface area contributed by atoms with Crippen LogP contribution in [-0.2, 0) is 16.8 Å². The fourth-order valence-electron chi connectivity index (χ4n) is 2.71. The van der Waals surface area contributed by atoms with Crippen LogP contribution < -0.4 is 5.32 Å². The number of nitrogens with zero attached hydrogens (tertiary/aromatic N) is 1. The molecule has 2 heterocycles. The van der Waals surface area contributed by atoms with Gasteiger partial charge in [0.1, 0.15) is 0 Å². The fourth-order valence-corrected chi connectivity index (χ4v) is 2.71. The number of hydrogen-bond acceptors (Lipinski definition) is 3. The molecule has 2 unspecified atom stereocenters. The first-order chi connectivity index (χ1) is 7.95. The SMILES string of the molecule is CC(C)CC1(C(=O)O)NC(C)Cc2[nH]cnc21. The van der Waals surface area contributed by atoms with Crippen molar-refractivity contribution in [3.63, 3.8) is 0 Å². The van der Waals surface area contributed by atoms with E-state index >= 15 is 0 Å². The molecule has 17 heavy (non-hydrogen) atoms. The molecule has 0 aromatic carbocycles. The minimum absolute atomic E-state index is 0.137. The Morgan fingerprint density at radius 2 is 2.41 bits per heavy atom. The zero-order valence-electron chi connectivity index (χ0n) is 10.4. The molecule has 5 heteroatoms. The van der Waals surface area contributed by atoms with Gasteiger partial charge in [-0.2, -0.15) is 0 Å². The number of carboxylic acid groups (broad SMARTS) is 1. The van der Waals surface area contributed by atoms with Gasteiger partial charge < -0.3 is 10.1 Å². The fraction of sp³-hybridized carbons (Fsp3) is 0.667. The molecule has 0 bridgehead atoms. The molecule has 94 valence electrons. The maximum atomic E-state index is 11.7. The van der Waals surface area contributed by atoms with Crippen LogP contribution in [0.25, 0.3) is 0 Å². The Bertz CT molecular complexity index is 427. The second kappa shape index (κ2) is 4.14. The van der Waals surface area contributed by atoms with Gasteiger partial charge in [-0.1, -0.05) is 13.8 Å². The first-order valence-corrected chi connectivity index (χ1v) is 5.99. The summed E-state index contributed by atoms with van der Waals surface area (Å²) in [5, 5.41) is 12.8. The first-order valence-electron chi connectivity index (χ1n) is 5.99. The van der Waals surface area contributed by atoms with E-state index in [9.17, 15) is 9.90 Å². The Morgan fingerprint density at radius 1 is 1.71 bits per heavy atom. The van der Waals surface area contributed by atoms with Crippen LogP contribution in [0.2, 0.25) is 0 Å². The summed E-state index contributed by atoms with van der Waals surface area (Å²) >= 11 is 0. The smallest absolute Gasteiger partial charge is 0.330 e. The van der Waals surface area contributed by atoms with Crippen molar-refractivity contribution in [3.05, 3.63) is 17.7 Å². The number of fused-ring (bicyclic) bond motifs is 1. The number of aliphatic carboxylic acids is 1. The van der Waals surface area contributed by atoms with E-state index in [0.29, 0.717) is 12.1 Å². The Hall–Kier alpha value is -1.36. The largest absolute Gasteiger partial charge is 0.480 e. The van der Waals surface area contributed by atoms with E-state index in [0.717, 1.165) is 12.1 Å². The van der Waals surface area contributed by atoms with E-state index in [2.05, 4.69) is 15.3 Å². The number of carbonyl (C=O) groups is 1. The molecule has 0 amide bonds. The normalized spacial score (nSPS) is 28.1. The number of carboxylic acids is 1. The minimum atomic E-state index is -1.04. The van der Waals surface area contributed by atoms with Crippen LogP contribution in [0.4, 0.5) is 0 Å². The van der Waals surface area contributed by atoms with Crippen molar-refractivity contribution in [2.24, 2.45) is 5.92 Å². The molecule has 0 aliphatic carbocycles. The number of rotatable bonds is 3. The lowest BCUT2D eigenvalue weighted by Gasteiger charge is -2.38. The molecule has 0 radical (unpaired) electrons. The molecule has 1 aliphatic rings. The Balaban J connectivity index is 2.49. The van der Waals surface area contributed by atoms with Crippen molar-refractivity contribution in [2.75, 3.05) is 0 Å². The van der Waals surface area contributed by atoms with Crippen molar-refractivity contribution in [3.8, 4) is 0 Å². The van der Waals surface area contributed by atoms with Gasteiger partial charge in [0.15, 0.2) is 5.54 Å². The molecule has 0 spiro atoms. The number of nitrogens with one attached hydrogen (secondary N) is 2. The van der Waals surface area contributed by atoms with Gasteiger partial charge >= 0.3 is 5.97 Å². The predicted molar refractivity (Wildman–Crippen MR) is 63.7 cm³/mol. The summed E-state index contributed by atoms with van der Waals surface area (Å²) < 4.78 is 0. The molecular formula is C12H19N3O2. The Morgan fingerprint density at radius 3 is 3.00 bits per heavy atom. The standard InChI is InChI=1S/C12H19N3O2/c1-7(2)5-12(11(16)17)10-9(13-6-14-10)4-8(3)15-12/h6-8,15H,4-5H2,1-3H3,(H,13,14)(H,16,17). The topological polar surface area (TPSA) is 78.0 Å². The molecule has 1 aromatic heterocycles. The van der Waals surface area contributed by atoms with Crippen LogP contribution in [0.1, 0.15) is 38.6 Å². The maximum Gasteiger partial charge on any atom is 0.330 e. The molecule has 3 N–H and O–H groups in total. The van der Waals surface area contributed by atoms with E-state index in [1.54, 1.807) is 6.33 Å². The predicted octanol–water partition coefficient (Wildman–Crippen LogP) is 1.27. The highest BCUT2D eigenvalue weighted by Crippen LogP contribution is 2.34. The van der Waals surface area contributed by atoms with Crippen molar-refractivity contribution < 1.29 is 9.90 Å². The van der Waals surface area contributed by atoms with E-state index in [4.69, 9.17) is 0 Å². The number of aromatic amines is 1. The summed E-state index contributed by atoms with van der Waals surface area (Å²) in [4.78, 5) is 19.0. The highest BCUT2D eigenvalue weighted by Gasteiger charge is 2.47. The molecule has 2 rings (SSSR count).